The van der Waals surface area contributed by atoms with E-state index in [1.165, 1.54) is 63.9 Å². The standard InChI is InChI=1S/C18H32O2/c1-3-5-7-8-9-10-11-12-13-15-17-20-18(19)16-14-6-4-2/h4,6,14,16H,3,5,7-13,15,17H2,1-2H3/b6-4+,16-14-. The Morgan fingerprint density at radius 3 is 1.95 bits per heavy atom. The number of rotatable bonds is 13. The second kappa shape index (κ2) is 16.0. The summed E-state index contributed by atoms with van der Waals surface area (Å²) in [5.41, 5.74) is 0. The van der Waals surface area contributed by atoms with Gasteiger partial charge in [0, 0.05) is 6.08 Å². The fourth-order valence-corrected chi connectivity index (χ4v) is 2.06. The maximum atomic E-state index is 11.2. The van der Waals surface area contributed by atoms with Crippen molar-refractivity contribution in [2.75, 3.05) is 6.61 Å². The predicted molar refractivity (Wildman–Crippen MR) is 86.8 cm³/mol. The van der Waals surface area contributed by atoms with Crippen LogP contribution in [0.1, 0.15) is 78.1 Å². The highest BCUT2D eigenvalue weighted by Gasteiger charge is 1.96. The summed E-state index contributed by atoms with van der Waals surface area (Å²) in [5.74, 6) is -0.237. The van der Waals surface area contributed by atoms with Crippen molar-refractivity contribution in [2.24, 2.45) is 0 Å². The number of carbonyl (C=O) groups is 1. The first-order valence-corrected chi connectivity index (χ1v) is 8.27. The zero-order valence-corrected chi connectivity index (χ0v) is 13.4. The topological polar surface area (TPSA) is 26.3 Å². The van der Waals surface area contributed by atoms with E-state index >= 15 is 0 Å². The average Bonchev–Trinajstić information content (AvgIpc) is 2.45. The largest absolute Gasteiger partial charge is 0.463 e. The Bertz CT molecular complexity index is 267. The highest BCUT2D eigenvalue weighted by Crippen LogP contribution is 2.10. The smallest absolute Gasteiger partial charge is 0.330 e. The molecule has 0 saturated heterocycles. The van der Waals surface area contributed by atoms with Crippen LogP contribution in [-0.4, -0.2) is 12.6 Å². The van der Waals surface area contributed by atoms with Gasteiger partial charge in [-0.25, -0.2) is 4.79 Å². The van der Waals surface area contributed by atoms with E-state index in [2.05, 4.69) is 6.92 Å². The lowest BCUT2D eigenvalue weighted by Crippen LogP contribution is -2.02. The lowest BCUT2D eigenvalue weighted by Gasteiger charge is -2.03. The predicted octanol–water partition coefficient (Wildman–Crippen LogP) is 5.58. The average molecular weight is 280 g/mol. The molecule has 0 aliphatic carbocycles. The normalized spacial score (nSPS) is 11.5. The molecule has 0 atom stereocenters. The van der Waals surface area contributed by atoms with Crippen molar-refractivity contribution < 1.29 is 9.53 Å². The third kappa shape index (κ3) is 15.0. The molecule has 0 amide bonds. The fourth-order valence-electron chi connectivity index (χ4n) is 2.06. The first-order valence-electron chi connectivity index (χ1n) is 8.27. The van der Waals surface area contributed by atoms with Crippen molar-refractivity contribution in [1.82, 2.24) is 0 Å². The molecule has 0 aromatic heterocycles. The van der Waals surface area contributed by atoms with Crippen LogP contribution in [0.2, 0.25) is 0 Å². The lowest BCUT2D eigenvalue weighted by molar-refractivity contribution is -0.137. The summed E-state index contributed by atoms with van der Waals surface area (Å²) in [5, 5.41) is 0. The van der Waals surface area contributed by atoms with Crippen LogP contribution < -0.4 is 0 Å². The van der Waals surface area contributed by atoms with Crippen molar-refractivity contribution in [3.63, 3.8) is 0 Å². The third-order valence-corrected chi connectivity index (χ3v) is 3.28. The van der Waals surface area contributed by atoms with Gasteiger partial charge in [0.2, 0.25) is 0 Å². The second-order valence-corrected chi connectivity index (χ2v) is 5.23. The zero-order valence-electron chi connectivity index (χ0n) is 13.4. The summed E-state index contributed by atoms with van der Waals surface area (Å²) in [6.45, 7) is 4.72. The SMILES string of the molecule is C/C=C/C=C\C(=O)OCCCCCCCCCCCC. The Morgan fingerprint density at radius 1 is 0.850 bits per heavy atom. The quantitative estimate of drug-likeness (QED) is 0.190. The number of unbranched alkanes of at least 4 members (excludes halogenated alkanes) is 9. The van der Waals surface area contributed by atoms with Crippen LogP contribution in [0.15, 0.2) is 24.3 Å². The molecule has 0 rings (SSSR count). The highest BCUT2D eigenvalue weighted by atomic mass is 16.5. The first kappa shape index (κ1) is 18.9. The summed E-state index contributed by atoms with van der Waals surface area (Å²) in [6, 6.07) is 0. The van der Waals surface area contributed by atoms with E-state index in [1.54, 1.807) is 6.08 Å². The molecule has 2 heteroatoms. The maximum absolute atomic E-state index is 11.2. The van der Waals surface area contributed by atoms with Crippen molar-refractivity contribution in [2.45, 2.75) is 78.1 Å². The molecule has 0 spiro atoms. The molecule has 0 fully saturated rings. The summed E-state index contributed by atoms with van der Waals surface area (Å²) in [4.78, 5) is 11.2. The number of allylic oxidation sites excluding steroid dienone is 3. The Balaban J connectivity index is 3.18. The van der Waals surface area contributed by atoms with E-state index in [4.69, 9.17) is 4.74 Å². The van der Waals surface area contributed by atoms with Crippen LogP contribution >= 0.6 is 0 Å². The molecule has 0 saturated carbocycles. The molecule has 0 radical (unpaired) electrons. The van der Waals surface area contributed by atoms with Crippen molar-refractivity contribution in [1.29, 1.82) is 0 Å². The molecule has 20 heavy (non-hydrogen) atoms. The van der Waals surface area contributed by atoms with Crippen molar-refractivity contribution in [3.8, 4) is 0 Å². The van der Waals surface area contributed by atoms with Gasteiger partial charge in [0.25, 0.3) is 0 Å². The van der Waals surface area contributed by atoms with E-state index < -0.39 is 0 Å². The monoisotopic (exact) mass is 280 g/mol. The van der Waals surface area contributed by atoms with E-state index in [9.17, 15) is 4.79 Å². The Hall–Kier alpha value is -1.05. The van der Waals surface area contributed by atoms with Crippen LogP contribution in [0.5, 0.6) is 0 Å². The zero-order chi connectivity index (χ0) is 14.9. The Morgan fingerprint density at radius 2 is 1.40 bits per heavy atom. The minimum Gasteiger partial charge on any atom is -0.463 e. The molecule has 0 unspecified atom stereocenters. The van der Waals surface area contributed by atoms with Gasteiger partial charge in [-0.3, -0.25) is 0 Å². The molecule has 0 bridgehead atoms. The van der Waals surface area contributed by atoms with E-state index in [0.29, 0.717) is 6.61 Å². The van der Waals surface area contributed by atoms with Crippen LogP contribution in [-0.2, 0) is 9.53 Å². The van der Waals surface area contributed by atoms with E-state index in [-0.39, 0.29) is 5.97 Å². The molecular formula is C18H32O2. The Kier molecular flexibility index (Phi) is 15.2. The molecule has 2 nitrogen and oxygen atoms in total. The van der Waals surface area contributed by atoms with Gasteiger partial charge in [0.05, 0.1) is 6.61 Å². The van der Waals surface area contributed by atoms with Crippen LogP contribution in [0.4, 0.5) is 0 Å². The van der Waals surface area contributed by atoms with Gasteiger partial charge < -0.3 is 4.74 Å². The Labute approximate surface area is 125 Å². The number of hydrogen-bond donors (Lipinski definition) is 0. The number of hydrogen-bond acceptors (Lipinski definition) is 2. The van der Waals surface area contributed by atoms with Gasteiger partial charge in [-0.15, -0.1) is 0 Å². The summed E-state index contributed by atoms with van der Waals surface area (Å²) >= 11 is 0. The van der Waals surface area contributed by atoms with Gasteiger partial charge in [-0.05, 0) is 13.3 Å². The van der Waals surface area contributed by atoms with Crippen molar-refractivity contribution >= 4 is 5.97 Å². The molecule has 0 heterocycles. The number of esters is 1. The summed E-state index contributed by atoms with van der Waals surface area (Å²) in [7, 11) is 0. The number of carbonyl (C=O) groups excluding carboxylic acids is 1. The highest BCUT2D eigenvalue weighted by molar-refractivity contribution is 5.82. The summed E-state index contributed by atoms with van der Waals surface area (Å²) in [6.07, 6.45) is 19.8. The summed E-state index contributed by atoms with van der Waals surface area (Å²) < 4.78 is 5.10. The van der Waals surface area contributed by atoms with Gasteiger partial charge >= 0.3 is 5.97 Å². The van der Waals surface area contributed by atoms with Crippen LogP contribution in [0, 0.1) is 0 Å². The molecule has 0 N–H and O–H groups in total. The molecule has 0 aromatic rings. The van der Waals surface area contributed by atoms with Gasteiger partial charge in [0.15, 0.2) is 0 Å². The maximum Gasteiger partial charge on any atom is 0.330 e. The van der Waals surface area contributed by atoms with Gasteiger partial charge in [-0.2, -0.15) is 0 Å². The molecule has 0 aliphatic heterocycles. The van der Waals surface area contributed by atoms with E-state index in [0.717, 1.165) is 6.42 Å². The fraction of sp³-hybridized carbons (Fsp3) is 0.722. The molecular weight excluding hydrogens is 248 g/mol. The van der Waals surface area contributed by atoms with Crippen molar-refractivity contribution in [3.05, 3.63) is 24.3 Å². The van der Waals surface area contributed by atoms with Crippen LogP contribution in [0.25, 0.3) is 0 Å². The minimum atomic E-state index is -0.237. The van der Waals surface area contributed by atoms with Gasteiger partial charge in [-0.1, -0.05) is 82.9 Å². The molecule has 0 aliphatic rings. The third-order valence-electron chi connectivity index (χ3n) is 3.28. The van der Waals surface area contributed by atoms with Gasteiger partial charge in [0.1, 0.15) is 0 Å². The molecule has 0 aromatic carbocycles. The van der Waals surface area contributed by atoms with Crippen LogP contribution in [0.3, 0.4) is 0 Å². The second-order valence-electron chi connectivity index (χ2n) is 5.23. The minimum absolute atomic E-state index is 0.237. The first-order chi connectivity index (χ1) is 9.81. The number of ether oxygens (including phenoxy) is 1. The van der Waals surface area contributed by atoms with E-state index in [1.807, 2.05) is 19.1 Å². The lowest BCUT2D eigenvalue weighted by atomic mass is 10.1. The molecule has 116 valence electrons.